The molecular formula is C24H40O4Si. The van der Waals surface area contributed by atoms with Crippen LogP contribution in [0.25, 0.3) is 0 Å². The molecule has 0 radical (unpaired) electrons. The number of ether oxygens (including phenoxy) is 1. The summed E-state index contributed by atoms with van der Waals surface area (Å²) in [6.07, 6.45) is 5.09. The Hall–Kier alpha value is -1.20. The van der Waals surface area contributed by atoms with Gasteiger partial charge in [-0.15, -0.1) is 6.58 Å². The SMILES string of the molecule is C=CC[C@]1(C)C(=O)C[C@@H]2CC=C(OC)[C@@]1(CO[Si](C(C)C)(C(C)C)C(C)C)C2=O. The fourth-order valence-electron chi connectivity index (χ4n) is 6.28. The van der Waals surface area contributed by atoms with Gasteiger partial charge in [-0.05, 0) is 35.5 Å². The molecule has 2 rings (SSSR count). The molecule has 0 aliphatic heterocycles. The van der Waals surface area contributed by atoms with Crippen molar-refractivity contribution in [1.29, 1.82) is 0 Å². The topological polar surface area (TPSA) is 52.6 Å². The van der Waals surface area contributed by atoms with Gasteiger partial charge in [-0.3, -0.25) is 9.59 Å². The Bertz CT molecular complexity index is 671. The molecule has 0 saturated heterocycles. The fourth-order valence-corrected chi connectivity index (χ4v) is 11.7. The van der Waals surface area contributed by atoms with E-state index < -0.39 is 19.1 Å². The minimum atomic E-state index is -2.22. The molecule has 0 aromatic heterocycles. The molecule has 5 heteroatoms. The summed E-state index contributed by atoms with van der Waals surface area (Å²) in [6.45, 7) is 19.4. The van der Waals surface area contributed by atoms with Crippen LogP contribution in [0.1, 0.15) is 67.7 Å². The minimum Gasteiger partial charge on any atom is -0.500 e. The summed E-state index contributed by atoms with van der Waals surface area (Å²) >= 11 is 0. The molecule has 29 heavy (non-hydrogen) atoms. The molecule has 0 spiro atoms. The van der Waals surface area contributed by atoms with Crippen molar-refractivity contribution in [3.8, 4) is 0 Å². The van der Waals surface area contributed by atoms with Crippen molar-refractivity contribution >= 4 is 19.9 Å². The van der Waals surface area contributed by atoms with E-state index in [2.05, 4.69) is 48.1 Å². The Labute approximate surface area is 178 Å². The summed E-state index contributed by atoms with van der Waals surface area (Å²) in [5.41, 5.74) is -0.768. The zero-order valence-electron chi connectivity index (χ0n) is 19.6. The minimum absolute atomic E-state index is 0.111. The van der Waals surface area contributed by atoms with Crippen molar-refractivity contribution in [3.63, 3.8) is 0 Å². The lowest BCUT2D eigenvalue weighted by atomic mass is 9.49. The summed E-state index contributed by atoms with van der Waals surface area (Å²) in [5, 5.41) is 0. The van der Waals surface area contributed by atoms with Gasteiger partial charge in [-0.2, -0.15) is 0 Å². The summed E-state index contributed by atoms with van der Waals surface area (Å²) in [6, 6.07) is 0. The van der Waals surface area contributed by atoms with E-state index in [9.17, 15) is 9.59 Å². The second-order valence-corrected chi connectivity index (χ2v) is 15.5. The van der Waals surface area contributed by atoms with E-state index in [-0.39, 0.29) is 24.1 Å². The Morgan fingerprint density at radius 2 is 1.72 bits per heavy atom. The molecule has 0 heterocycles. The van der Waals surface area contributed by atoms with Crippen LogP contribution in [0.2, 0.25) is 16.6 Å². The maximum atomic E-state index is 13.8. The van der Waals surface area contributed by atoms with E-state index in [0.717, 1.165) is 0 Å². The highest BCUT2D eigenvalue weighted by Crippen LogP contribution is 2.58. The number of methoxy groups -OCH3 is 1. The van der Waals surface area contributed by atoms with E-state index in [4.69, 9.17) is 9.16 Å². The molecule has 2 aliphatic carbocycles. The van der Waals surface area contributed by atoms with Crippen molar-refractivity contribution in [3.05, 3.63) is 24.5 Å². The molecular weight excluding hydrogens is 380 g/mol. The number of fused-ring (bicyclic) bond motifs is 2. The summed E-state index contributed by atoms with van der Waals surface area (Å²) in [7, 11) is -0.621. The third kappa shape index (κ3) is 3.38. The summed E-state index contributed by atoms with van der Waals surface area (Å²) in [4.78, 5) is 27.1. The molecule has 3 atom stereocenters. The van der Waals surface area contributed by atoms with Crippen molar-refractivity contribution in [2.45, 2.75) is 84.4 Å². The molecule has 0 N–H and O–H groups in total. The maximum Gasteiger partial charge on any atom is 0.200 e. The van der Waals surface area contributed by atoms with E-state index in [1.165, 1.54) is 0 Å². The van der Waals surface area contributed by atoms with Crippen LogP contribution < -0.4 is 0 Å². The Morgan fingerprint density at radius 3 is 2.17 bits per heavy atom. The Kier molecular flexibility index (Phi) is 7.06. The Morgan fingerprint density at radius 1 is 1.17 bits per heavy atom. The monoisotopic (exact) mass is 420 g/mol. The second kappa shape index (κ2) is 8.50. The first kappa shape index (κ1) is 24.1. The van der Waals surface area contributed by atoms with Gasteiger partial charge in [-0.25, -0.2) is 0 Å². The van der Waals surface area contributed by atoms with Crippen LogP contribution in [0.15, 0.2) is 24.5 Å². The van der Waals surface area contributed by atoms with E-state index >= 15 is 0 Å². The van der Waals surface area contributed by atoms with Crippen molar-refractivity contribution in [1.82, 2.24) is 0 Å². The van der Waals surface area contributed by atoms with Crippen molar-refractivity contribution in [2.75, 3.05) is 13.7 Å². The average Bonchev–Trinajstić information content (AvgIpc) is 2.62. The van der Waals surface area contributed by atoms with Gasteiger partial charge in [-0.1, -0.05) is 54.5 Å². The summed E-state index contributed by atoms with van der Waals surface area (Å²) < 4.78 is 12.7. The van der Waals surface area contributed by atoms with Crippen LogP contribution >= 0.6 is 0 Å². The lowest BCUT2D eigenvalue weighted by Gasteiger charge is -2.55. The van der Waals surface area contributed by atoms with E-state index in [1.54, 1.807) is 13.2 Å². The molecule has 4 nitrogen and oxygen atoms in total. The van der Waals surface area contributed by atoms with Gasteiger partial charge in [0.1, 0.15) is 17.0 Å². The van der Waals surface area contributed by atoms with Gasteiger partial charge < -0.3 is 9.16 Å². The summed E-state index contributed by atoms with van der Waals surface area (Å²) in [5.74, 6) is 0.575. The number of carbonyl (C=O) groups is 2. The maximum absolute atomic E-state index is 13.8. The highest BCUT2D eigenvalue weighted by atomic mass is 28.4. The van der Waals surface area contributed by atoms with Gasteiger partial charge in [0.05, 0.1) is 19.1 Å². The van der Waals surface area contributed by atoms with Crippen LogP contribution in [0.3, 0.4) is 0 Å². The molecule has 1 saturated carbocycles. The average molecular weight is 421 g/mol. The fraction of sp³-hybridized carbons (Fsp3) is 0.750. The highest BCUT2D eigenvalue weighted by Gasteiger charge is 2.66. The molecule has 0 aromatic carbocycles. The number of Topliss-reactive ketones (excluding diaryl/α,β-unsaturated/α-hetero) is 2. The van der Waals surface area contributed by atoms with Crippen LogP contribution in [0.4, 0.5) is 0 Å². The van der Waals surface area contributed by atoms with Crippen LogP contribution in [-0.4, -0.2) is 33.6 Å². The normalized spacial score (nSPS) is 30.2. The number of rotatable bonds is 9. The first-order valence-electron chi connectivity index (χ1n) is 11.0. The van der Waals surface area contributed by atoms with Crippen LogP contribution in [-0.2, 0) is 18.8 Å². The predicted octanol–water partition coefficient (Wildman–Crippen LogP) is 5.84. The predicted molar refractivity (Wildman–Crippen MR) is 120 cm³/mol. The lowest BCUT2D eigenvalue weighted by Crippen LogP contribution is -2.63. The highest BCUT2D eigenvalue weighted by molar-refractivity contribution is 6.77. The van der Waals surface area contributed by atoms with Gasteiger partial charge >= 0.3 is 0 Å². The molecule has 0 aromatic rings. The third-order valence-electron chi connectivity index (χ3n) is 7.81. The molecule has 1 fully saturated rings. The first-order valence-corrected chi connectivity index (χ1v) is 13.2. The molecule has 0 unspecified atom stereocenters. The van der Waals surface area contributed by atoms with Gasteiger partial charge in [0, 0.05) is 12.3 Å². The van der Waals surface area contributed by atoms with Crippen LogP contribution in [0.5, 0.6) is 0 Å². The van der Waals surface area contributed by atoms with Gasteiger partial charge in [0.25, 0.3) is 0 Å². The number of hydrogen-bond donors (Lipinski definition) is 0. The van der Waals surface area contributed by atoms with E-state index in [1.807, 2.05) is 13.0 Å². The number of ketones is 2. The molecule has 164 valence electrons. The van der Waals surface area contributed by atoms with Crippen molar-refractivity contribution < 1.29 is 18.8 Å². The van der Waals surface area contributed by atoms with E-state index in [0.29, 0.717) is 41.6 Å². The second-order valence-electron chi connectivity index (χ2n) is 10.0. The van der Waals surface area contributed by atoms with Gasteiger partial charge in [0.15, 0.2) is 14.1 Å². The lowest BCUT2D eigenvalue weighted by molar-refractivity contribution is -0.164. The molecule has 2 bridgehead atoms. The molecule has 0 amide bonds. The zero-order chi connectivity index (χ0) is 22.2. The van der Waals surface area contributed by atoms with Crippen molar-refractivity contribution in [2.24, 2.45) is 16.7 Å². The largest absolute Gasteiger partial charge is 0.500 e. The number of carbonyl (C=O) groups excluding carboxylic acids is 2. The standard InChI is InChI=1S/C24H40O4Si/c1-10-13-23(8)20(25)14-19-11-12-21(27-9)24(23,22(19)26)15-28-29(16(2)3,17(4)5)18(6)7/h10,12,16-19H,1,11,13-15H2,2-9H3/t19-,23+,24-/m0/s1. The van der Waals surface area contributed by atoms with Gasteiger partial charge in [0.2, 0.25) is 0 Å². The zero-order valence-corrected chi connectivity index (χ0v) is 20.6. The first-order chi connectivity index (χ1) is 13.5. The smallest absolute Gasteiger partial charge is 0.200 e. The quantitative estimate of drug-likeness (QED) is 0.347. The third-order valence-corrected chi connectivity index (χ3v) is 13.9. The molecule has 2 aliphatic rings. The van der Waals surface area contributed by atoms with Crippen LogP contribution in [0, 0.1) is 16.7 Å². The number of allylic oxidation sites excluding steroid dienone is 2. The number of hydrogen-bond acceptors (Lipinski definition) is 4. The Balaban J connectivity index is 2.65.